The number of carbonyl (C=O) groups excluding carboxylic acids is 3. The van der Waals surface area contributed by atoms with Crippen LogP contribution < -0.4 is 16.1 Å². The number of hydrogen-bond donors (Lipinski definition) is 3. The van der Waals surface area contributed by atoms with Crippen LogP contribution in [-0.2, 0) is 36.9 Å². The van der Waals surface area contributed by atoms with Crippen LogP contribution in [0.2, 0.25) is 0 Å². The molecule has 10 nitrogen and oxygen atoms in total. The van der Waals surface area contributed by atoms with Gasteiger partial charge in [-0.05, 0) is 31.9 Å². The molecule has 0 bridgehead atoms. The highest BCUT2D eigenvalue weighted by Crippen LogP contribution is 2.07. The molecule has 0 aromatic heterocycles. The minimum absolute atomic E-state index is 0.102. The molecule has 10 heteroatoms. The second-order valence-electron chi connectivity index (χ2n) is 8.80. The first kappa shape index (κ1) is 28.6. The standard InChI is InChI=1S/C26H35N3O7/c1-26(2,3)36-25(32)29-35-17-16-33-15-14-27-23(30)22(18-20-10-6-4-7-11-20)28-24(31)34-19-21-12-8-5-9-13-21/h4-13,22H,14-19H2,1-3H3,(H,27,30)(H,28,31)(H,29,32)/t22-/m0/s1. The van der Waals surface area contributed by atoms with E-state index in [-0.39, 0.29) is 38.9 Å². The maximum atomic E-state index is 12.8. The van der Waals surface area contributed by atoms with Crippen molar-refractivity contribution in [3.63, 3.8) is 0 Å². The number of amides is 3. The molecule has 0 unspecified atom stereocenters. The SMILES string of the molecule is CC(C)(C)OC(=O)NOCCOCCNC(=O)[C@H](Cc1ccccc1)NC(=O)OCc1ccccc1. The Morgan fingerprint density at radius 2 is 1.47 bits per heavy atom. The Labute approximate surface area is 211 Å². The van der Waals surface area contributed by atoms with Gasteiger partial charge in [0.1, 0.15) is 18.2 Å². The van der Waals surface area contributed by atoms with Gasteiger partial charge in [-0.2, -0.15) is 5.48 Å². The summed E-state index contributed by atoms with van der Waals surface area (Å²) in [4.78, 5) is 41.5. The van der Waals surface area contributed by atoms with Crippen LogP contribution in [0.3, 0.4) is 0 Å². The Hall–Kier alpha value is -3.63. The van der Waals surface area contributed by atoms with Gasteiger partial charge in [-0.1, -0.05) is 60.7 Å². The lowest BCUT2D eigenvalue weighted by molar-refractivity contribution is -0.123. The minimum Gasteiger partial charge on any atom is -0.445 e. The molecule has 0 saturated carbocycles. The first-order chi connectivity index (χ1) is 17.2. The third-order valence-electron chi connectivity index (χ3n) is 4.53. The third kappa shape index (κ3) is 12.7. The highest BCUT2D eigenvalue weighted by atomic mass is 16.7. The molecule has 0 fully saturated rings. The first-order valence-corrected chi connectivity index (χ1v) is 11.7. The number of carbonyl (C=O) groups is 3. The first-order valence-electron chi connectivity index (χ1n) is 11.7. The number of benzene rings is 2. The normalized spacial score (nSPS) is 11.8. The summed E-state index contributed by atoms with van der Waals surface area (Å²) < 4.78 is 15.7. The molecule has 2 aromatic rings. The number of hydroxylamine groups is 1. The van der Waals surface area contributed by atoms with Gasteiger partial charge < -0.3 is 24.8 Å². The Kier molecular flexibility index (Phi) is 12.2. The van der Waals surface area contributed by atoms with E-state index in [0.717, 1.165) is 11.1 Å². The monoisotopic (exact) mass is 501 g/mol. The quantitative estimate of drug-likeness (QED) is 0.285. The van der Waals surface area contributed by atoms with Crippen molar-refractivity contribution in [1.29, 1.82) is 0 Å². The summed E-state index contributed by atoms with van der Waals surface area (Å²) in [7, 11) is 0. The maximum absolute atomic E-state index is 12.8. The molecule has 0 saturated heterocycles. The molecule has 3 N–H and O–H groups in total. The van der Waals surface area contributed by atoms with Gasteiger partial charge in [0.25, 0.3) is 0 Å². The average molecular weight is 502 g/mol. The largest absolute Gasteiger partial charge is 0.445 e. The lowest BCUT2D eigenvalue weighted by Gasteiger charge is -2.19. The molecule has 1 atom stereocenters. The lowest BCUT2D eigenvalue weighted by atomic mass is 10.1. The van der Waals surface area contributed by atoms with Crippen molar-refractivity contribution in [2.45, 2.75) is 45.4 Å². The predicted octanol–water partition coefficient (Wildman–Crippen LogP) is 3.11. The fourth-order valence-electron chi connectivity index (χ4n) is 2.95. The van der Waals surface area contributed by atoms with Gasteiger partial charge in [0.15, 0.2) is 0 Å². The van der Waals surface area contributed by atoms with Crippen molar-refractivity contribution in [3.8, 4) is 0 Å². The van der Waals surface area contributed by atoms with Crippen LogP contribution in [0.1, 0.15) is 31.9 Å². The van der Waals surface area contributed by atoms with E-state index >= 15 is 0 Å². The van der Waals surface area contributed by atoms with Crippen molar-refractivity contribution < 1.29 is 33.4 Å². The molecule has 0 aliphatic carbocycles. The van der Waals surface area contributed by atoms with Gasteiger partial charge in [-0.25, -0.2) is 9.59 Å². The van der Waals surface area contributed by atoms with E-state index in [0.29, 0.717) is 6.42 Å². The average Bonchev–Trinajstić information content (AvgIpc) is 2.84. The zero-order chi connectivity index (χ0) is 26.2. The van der Waals surface area contributed by atoms with Crippen LogP contribution in [0.25, 0.3) is 0 Å². The molecular weight excluding hydrogens is 466 g/mol. The van der Waals surface area contributed by atoms with E-state index in [2.05, 4.69) is 16.1 Å². The van der Waals surface area contributed by atoms with E-state index < -0.39 is 23.8 Å². The van der Waals surface area contributed by atoms with E-state index in [1.54, 1.807) is 20.8 Å². The van der Waals surface area contributed by atoms with E-state index in [1.165, 1.54) is 0 Å². The minimum atomic E-state index is -0.822. The van der Waals surface area contributed by atoms with Crippen molar-refractivity contribution in [2.75, 3.05) is 26.4 Å². The van der Waals surface area contributed by atoms with Crippen LogP contribution in [0.15, 0.2) is 60.7 Å². The number of nitrogens with one attached hydrogen (secondary N) is 3. The molecule has 2 rings (SSSR count). The summed E-state index contributed by atoms with van der Waals surface area (Å²) in [5.41, 5.74) is 3.29. The van der Waals surface area contributed by atoms with Crippen LogP contribution in [-0.4, -0.2) is 56.1 Å². The maximum Gasteiger partial charge on any atom is 0.431 e. The van der Waals surface area contributed by atoms with Gasteiger partial charge in [-0.3, -0.25) is 9.63 Å². The molecule has 3 amide bonds. The van der Waals surface area contributed by atoms with Crippen LogP contribution in [0, 0.1) is 0 Å². The Morgan fingerprint density at radius 1 is 0.833 bits per heavy atom. The number of hydrogen-bond acceptors (Lipinski definition) is 7. The van der Waals surface area contributed by atoms with Gasteiger partial charge >= 0.3 is 12.2 Å². The molecular formula is C26H35N3O7. The highest BCUT2D eigenvalue weighted by molar-refractivity contribution is 5.85. The van der Waals surface area contributed by atoms with Crippen molar-refractivity contribution in [1.82, 2.24) is 16.1 Å². The molecule has 36 heavy (non-hydrogen) atoms. The zero-order valence-electron chi connectivity index (χ0n) is 21.0. The molecule has 196 valence electrons. The topological polar surface area (TPSA) is 124 Å². The summed E-state index contributed by atoms with van der Waals surface area (Å²) in [6.07, 6.45) is -1.06. The Balaban J connectivity index is 1.71. The second kappa shape index (κ2) is 15.4. The fourth-order valence-corrected chi connectivity index (χ4v) is 2.95. The molecule has 0 spiro atoms. The van der Waals surface area contributed by atoms with E-state index in [9.17, 15) is 14.4 Å². The number of alkyl carbamates (subject to hydrolysis) is 1. The summed E-state index contributed by atoms with van der Waals surface area (Å²) in [6, 6.07) is 17.8. The van der Waals surface area contributed by atoms with Gasteiger partial charge in [0.05, 0.1) is 19.8 Å². The molecule has 0 radical (unpaired) electrons. The van der Waals surface area contributed by atoms with Crippen LogP contribution >= 0.6 is 0 Å². The molecule has 2 aromatic carbocycles. The summed E-state index contributed by atoms with van der Waals surface area (Å²) >= 11 is 0. The van der Waals surface area contributed by atoms with Crippen molar-refractivity contribution in [2.24, 2.45) is 0 Å². The van der Waals surface area contributed by atoms with E-state index in [4.69, 9.17) is 19.0 Å². The lowest BCUT2D eigenvalue weighted by Crippen LogP contribution is -2.48. The smallest absolute Gasteiger partial charge is 0.431 e. The van der Waals surface area contributed by atoms with Crippen molar-refractivity contribution >= 4 is 18.1 Å². The molecule has 0 aliphatic rings. The Bertz CT molecular complexity index is 934. The van der Waals surface area contributed by atoms with E-state index in [1.807, 2.05) is 60.7 Å². The molecule has 0 aliphatic heterocycles. The zero-order valence-corrected chi connectivity index (χ0v) is 21.0. The van der Waals surface area contributed by atoms with Gasteiger partial charge in [-0.15, -0.1) is 0 Å². The van der Waals surface area contributed by atoms with Gasteiger partial charge in [0.2, 0.25) is 5.91 Å². The Morgan fingerprint density at radius 3 is 2.11 bits per heavy atom. The fraction of sp³-hybridized carbons (Fsp3) is 0.423. The summed E-state index contributed by atoms with van der Waals surface area (Å²) in [5.74, 6) is -0.359. The second-order valence-corrected chi connectivity index (χ2v) is 8.80. The van der Waals surface area contributed by atoms with Crippen LogP contribution in [0.4, 0.5) is 9.59 Å². The highest BCUT2D eigenvalue weighted by Gasteiger charge is 2.22. The summed E-state index contributed by atoms with van der Waals surface area (Å²) in [6.45, 7) is 6.10. The number of ether oxygens (including phenoxy) is 3. The van der Waals surface area contributed by atoms with Gasteiger partial charge in [0, 0.05) is 13.0 Å². The molecule has 0 heterocycles. The predicted molar refractivity (Wildman–Crippen MR) is 133 cm³/mol. The van der Waals surface area contributed by atoms with Crippen LogP contribution in [0.5, 0.6) is 0 Å². The number of rotatable bonds is 13. The third-order valence-corrected chi connectivity index (χ3v) is 4.53. The summed E-state index contributed by atoms with van der Waals surface area (Å²) in [5, 5.41) is 5.40. The van der Waals surface area contributed by atoms with Crippen molar-refractivity contribution in [3.05, 3.63) is 71.8 Å².